The second kappa shape index (κ2) is 9.49. The Bertz CT molecular complexity index is 1060. The summed E-state index contributed by atoms with van der Waals surface area (Å²) >= 11 is 3.18. The molecule has 7 nitrogen and oxygen atoms in total. The Morgan fingerprint density at radius 3 is 2.58 bits per heavy atom. The number of rotatable bonds is 9. The van der Waals surface area contributed by atoms with Gasteiger partial charge in [0.2, 0.25) is 5.91 Å². The fraction of sp³-hybridized carbons (Fsp3) is 0.273. The predicted octanol–water partition coefficient (Wildman–Crippen LogP) is 3.21. The van der Waals surface area contributed by atoms with Crippen LogP contribution in [-0.2, 0) is 11.2 Å². The number of nitrogens with zero attached hydrogens (tertiary/aromatic N) is 2. The third kappa shape index (κ3) is 4.28. The van der Waals surface area contributed by atoms with E-state index in [9.17, 15) is 14.4 Å². The lowest BCUT2D eigenvalue weighted by Crippen LogP contribution is -2.50. The maximum Gasteiger partial charge on any atom is 0.262 e. The minimum absolute atomic E-state index is 0.319. The molecule has 3 aromatic rings. The second-order valence-electron chi connectivity index (χ2n) is 7.07. The largest absolute Gasteiger partial charge is 0.354 e. The summed E-state index contributed by atoms with van der Waals surface area (Å²) in [4.78, 5) is 48.4. The van der Waals surface area contributed by atoms with Crippen molar-refractivity contribution in [2.75, 3.05) is 18.6 Å². The number of imidazole rings is 1. The number of hydrogen-bond acceptors (Lipinski definition) is 6. The third-order valence-electron chi connectivity index (χ3n) is 5.18. The molecule has 1 aliphatic heterocycles. The van der Waals surface area contributed by atoms with E-state index in [1.165, 1.54) is 0 Å². The van der Waals surface area contributed by atoms with Crippen molar-refractivity contribution in [3.8, 4) is 10.6 Å². The maximum atomic E-state index is 13.0. The zero-order valence-electron chi connectivity index (χ0n) is 17.0. The zero-order chi connectivity index (χ0) is 21.8. The topological polar surface area (TPSA) is 95.2 Å². The summed E-state index contributed by atoms with van der Waals surface area (Å²) in [6.45, 7) is 0.373. The molecular weight excluding hydrogens is 432 g/mol. The van der Waals surface area contributed by atoms with Crippen LogP contribution in [0.4, 0.5) is 0 Å². The lowest BCUT2D eigenvalue weighted by Gasteiger charge is -2.25. The first-order valence-electron chi connectivity index (χ1n) is 9.91. The molecule has 2 aromatic heterocycles. The summed E-state index contributed by atoms with van der Waals surface area (Å²) < 4.78 is 0. The molecule has 9 heteroatoms. The molecule has 0 fully saturated rings. The standard InChI is InChI=1S/C22H22N4O3S2/c1-30-12-9-17(26-21(28)14-5-2-3-6-15(14)22(26)29)20(27)23-10-8-16-19(25-13-24-16)18-7-4-11-31-18/h2-7,11,13,17H,8-10,12H2,1H3,(H,23,27)(H,24,25). The Kier molecular flexibility index (Phi) is 6.53. The molecule has 1 aliphatic rings. The fourth-order valence-corrected chi connectivity index (χ4v) is 4.87. The molecule has 0 saturated carbocycles. The molecule has 1 aromatic carbocycles. The molecule has 2 N–H and O–H groups in total. The summed E-state index contributed by atoms with van der Waals surface area (Å²) in [6.07, 6.45) is 4.55. The zero-order valence-corrected chi connectivity index (χ0v) is 18.6. The van der Waals surface area contributed by atoms with Crippen LogP contribution in [0.1, 0.15) is 32.8 Å². The number of imide groups is 1. The Morgan fingerprint density at radius 2 is 1.94 bits per heavy atom. The van der Waals surface area contributed by atoms with E-state index < -0.39 is 17.9 Å². The number of aromatic nitrogens is 2. The summed E-state index contributed by atoms with van der Waals surface area (Å²) in [5, 5.41) is 4.90. The van der Waals surface area contributed by atoms with Gasteiger partial charge >= 0.3 is 0 Å². The minimum Gasteiger partial charge on any atom is -0.354 e. The van der Waals surface area contributed by atoms with Crippen LogP contribution in [0.25, 0.3) is 10.6 Å². The average Bonchev–Trinajstić information content (AvgIpc) is 3.51. The lowest BCUT2D eigenvalue weighted by molar-refractivity contribution is -0.125. The molecule has 1 unspecified atom stereocenters. The number of amides is 3. The Labute approximate surface area is 188 Å². The van der Waals surface area contributed by atoms with E-state index in [0.717, 1.165) is 21.2 Å². The molecule has 0 radical (unpaired) electrons. The van der Waals surface area contributed by atoms with Crippen molar-refractivity contribution in [1.29, 1.82) is 0 Å². The van der Waals surface area contributed by atoms with E-state index in [1.54, 1.807) is 53.7 Å². The lowest BCUT2D eigenvalue weighted by atomic mass is 10.1. The Balaban J connectivity index is 1.45. The van der Waals surface area contributed by atoms with Crippen LogP contribution >= 0.6 is 23.1 Å². The van der Waals surface area contributed by atoms with Gasteiger partial charge in [-0.3, -0.25) is 19.3 Å². The number of hydrogen-bond donors (Lipinski definition) is 2. The van der Waals surface area contributed by atoms with E-state index in [0.29, 0.717) is 36.3 Å². The number of nitrogens with one attached hydrogen (secondary N) is 2. The molecule has 1 atom stereocenters. The van der Waals surface area contributed by atoms with E-state index in [1.807, 2.05) is 23.8 Å². The molecular formula is C22H22N4O3S2. The molecule has 0 saturated heterocycles. The highest BCUT2D eigenvalue weighted by molar-refractivity contribution is 7.98. The van der Waals surface area contributed by atoms with Crippen molar-refractivity contribution >= 4 is 40.8 Å². The van der Waals surface area contributed by atoms with Crippen molar-refractivity contribution in [3.63, 3.8) is 0 Å². The van der Waals surface area contributed by atoms with Crippen molar-refractivity contribution in [1.82, 2.24) is 20.2 Å². The first kappa shape index (κ1) is 21.3. The van der Waals surface area contributed by atoms with Crippen molar-refractivity contribution in [2.24, 2.45) is 0 Å². The SMILES string of the molecule is CSCCC(C(=O)NCCc1[nH]cnc1-c1cccs1)N1C(=O)c2ccccc2C1=O. The average molecular weight is 455 g/mol. The number of H-pyrrole nitrogens is 1. The smallest absolute Gasteiger partial charge is 0.262 e. The number of fused-ring (bicyclic) bond motifs is 1. The highest BCUT2D eigenvalue weighted by Gasteiger charge is 2.42. The van der Waals surface area contributed by atoms with Crippen molar-refractivity contribution in [3.05, 3.63) is 64.9 Å². The molecule has 3 heterocycles. The van der Waals surface area contributed by atoms with Crippen LogP contribution in [0.5, 0.6) is 0 Å². The van der Waals surface area contributed by atoms with Gasteiger partial charge in [0.25, 0.3) is 11.8 Å². The quantitative estimate of drug-likeness (QED) is 0.484. The monoisotopic (exact) mass is 454 g/mol. The first-order chi connectivity index (χ1) is 15.1. The van der Waals surface area contributed by atoms with Gasteiger partial charge in [0.15, 0.2) is 0 Å². The van der Waals surface area contributed by atoms with Crippen LogP contribution in [0.3, 0.4) is 0 Å². The van der Waals surface area contributed by atoms with Gasteiger partial charge in [-0.1, -0.05) is 18.2 Å². The van der Waals surface area contributed by atoms with Gasteiger partial charge in [-0.15, -0.1) is 11.3 Å². The number of carbonyl (C=O) groups is 3. The summed E-state index contributed by atoms with van der Waals surface area (Å²) in [6, 6.07) is 9.84. The van der Waals surface area contributed by atoms with E-state index >= 15 is 0 Å². The Hall–Kier alpha value is -2.91. The fourth-order valence-electron chi connectivity index (χ4n) is 3.66. The summed E-state index contributed by atoms with van der Waals surface area (Å²) in [5.74, 6) is -0.472. The highest BCUT2D eigenvalue weighted by Crippen LogP contribution is 2.27. The van der Waals surface area contributed by atoms with Crippen LogP contribution in [0.15, 0.2) is 48.1 Å². The number of carbonyl (C=O) groups excluding carboxylic acids is 3. The van der Waals surface area contributed by atoms with Crippen molar-refractivity contribution in [2.45, 2.75) is 18.9 Å². The number of thiophene rings is 1. The van der Waals surface area contributed by atoms with Crippen LogP contribution < -0.4 is 5.32 Å². The normalized spacial score (nSPS) is 14.0. The maximum absolute atomic E-state index is 13.0. The van der Waals surface area contributed by atoms with Gasteiger partial charge in [0, 0.05) is 18.7 Å². The molecule has 3 amide bonds. The second-order valence-corrected chi connectivity index (χ2v) is 9.00. The van der Waals surface area contributed by atoms with Crippen molar-refractivity contribution < 1.29 is 14.4 Å². The molecule has 0 bridgehead atoms. The predicted molar refractivity (Wildman–Crippen MR) is 122 cm³/mol. The molecule has 4 rings (SSSR count). The van der Waals surface area contributed by atoms with Crippen LogP contribution in [-0.4, -0.2) is 57.2 Å². The van der Waals surface area contributed by atoms with Gasteiger partial charge in [-0.2, -0.15) is 11.8 Å². The van der Waals surface area contributed by atoms with Gasteiger partial charge in [0.1, 0.15) is 11.7 Å². The minimum atomic E-state index is -0.835. The Morgan fingerprint density at radius 1 is 1.19 bits per heavy atom. The van der Waals surface area contributed by atoms with E-state index in [2.05, 4.69) is 15.3 Å². The van der Waals surface area contributed by atoms with E-state index in [4.69, 9.17) is 0 Å². The van der Waals surface area contributed by atoms with Gasteiger partial charge in [0.05, 0.1) is 22.3 Å². The first-order valence-corrected chi connectivity index (χ1v) is 12.2. The highest BCUT2D eigenvalue weighted by atomic mass is 32.2. The summed E-state index contributed by atoms with van der Waals surface area (Å²) in [7, 11) is 0. The molecule has 160 valence electrons. The van der Waals surface area contributed by atoms with Gasteiger partial charge < -0.3 is 10.3 Å². The van der Waals surface area contributed by atoms with Gasteiger partial charge in [-0.25, -0.2) is 4.98 Å². The summed E-state index contributed by atoms with van der Waals surface area (Å²) in [5.41, 5.74) is 2.52. The van der Waals surface area contributed by atoms with E-state index in [-0.39, 0.29) is 5.91 Å². The molecule has 0 spiro atoms. The molecule has 0 aliphatic carbocycles. The number of thioether (sulfide) groups is 1. The van der Waals surface area contributed by atoms with Crippen LogP contribution in [0.2, 0.25) is 0 Å². The van der Waals surface area contributed by atoms with Gasteiger partial charge in [-0.05, 0) is 42.0 Å². The third-order valence-corrected chi connectivity index (χ3v) is 6.70. The number of benzene rings is 1. The van der Waals surface area contributed by atoms with Crippen LogP contribution in [0, 0.1) is 0 Å². The number of aromatic amines is 1. The molecule has 31 heavy (non-hydrogen) atoms.